The maximum atomic E-state index is 13.8. The molecule has 1 aliphatic carbocycles. The molecule has 0 saturated heterocycles. The zero-order valence-corrected chi connectivity index (χ0v) is 11.4. The van der Waals surface area contributed by atoms with E-state index in [9.17, 15) is 8.78 Å². The molecule has 1 saturated carbocycles. The van der Waals surface area contributed by atoms with Crippen molar-refractivity contribution in [3.05, 3.63) is 59.2 Å². The highest BCUT2D eigenvalue weighted by atomic mass is 19.1. The van der Waals surface area contributed by atoms with Crippen molar-refractivity contribution in [1.82, 2.24) is 5.32 Å². The Labute approximate surface area is 117 Å². The second-order valence-corrected chi connectivity index (χ2v) is 5.40. The van der Waals surface area contributed by atoms with Crippen LogP contribution in [-0.4, -0.2) is 6.04 Å². The molecule has 2 aromatic carbocycles. The van der Waals surface area contributed by atoms with Gasteiger partial charge >= 0.3 is 0 Å². The number of rotatable bonds is 4. The number of halogens is 2. The average Bonchev–Trinajstić information content (AvgIpc) is 3.22. The summed E-state index contributed by atoms with van der Waals surface area (Å²) in [5.74, 6) is -1.03. The molecule has 0 aromatic heterocycles. The van der Waals surface area contributed by atoms with Gasteiger partial charge in [0.05, 0.1) is 5.56 Å². The van der Waals surface area contributed by atoms with Crippen LogP contribution in [0.1, 0.15) is 24.0 Å². The SMILES string of the molecule is Cc1cc(CNC2CC2)ccc1-c1c(F)cccc1F. The van der Waals surface area contributed by atoms with Crippen LogP contribution in [0.5, 0.6) is 0 Å². The molecule has 0 unspecified atom stereocenters. The van der Waals surface area contributed by atoms with E-state index in [0.717, 1.165) is 17.7 Å². The number of hydrogen-bond acceptors (Lipinski definition) is 1. The van der Waals surface area contributed by atoms with Crippen LogP contribution in [0.2, 0.25) is 0 Å². The van der Waals surface area contributed by atoms with Crippen LogP contribution in [0.4, 0.5) is 8.78 Å². The smallest absolute Gasteiger partial charge is 0.133 e. The highest BCUT2D eigenvalue weighted by Crippen LogP contribution is 2.29. The van der Waals surface area contributed by atoms with Crippen molar-refractivity contribution >= 4 is 0 Å². The molecule has 0 spiro atoms. The molecule has 0 radical (unpaired) electrons. The molecule has 3 rings (SSSR count). The summed E-state index contributed by atoms with van der Waals surface area (Å²) in [5, 5.41) is 3.43. The largest absolute Gasteiger partial charge is 0.310 e. The Balaban J connectivity index is 1.90. The summed E-state index contributed by atoms with van der Waals surface area (Å²) in [6, 6.07) is 10.4. The molecule has 0 atom stereocenters. The van der Waals surface area contributed by atoms with Gasteiger partial charge in [-0.1, -0.05) is 24.3 Å². The lowest BCUT2D eigenvalue weighted by Crippen LogP contribution is -2.15. The van der Waals surface area contributed by atoms with Gasteiger partial charge in [-0.05, 0) is 48.6 Å². The van der Waals surface area contributed by atoms with E-state index in [-0.39, 0.29) is 5.56 Å². The molecule has 104 valence electrons. The number of nitrogens with one attached hydrogen (secondary N) is 1. The first kappa shape index (κ1) is 13.3. The Morgan fingerprint density at radius 1 is 1.10 bits per heavy atom. The van der Waals surface area contributed by atoms with Gasteiger partial charge < -0.3 is 5.32 Å². The molecule has 0 aliphatic heterocycles. The van der Waals surface area contributed by atoms with E-state index in [4.69, 9.17) is 0 Å². The summed E-state index contributed by atoms with van der Waals surface area (Å²) in [4.78, 5) is 0. The lowest BCUT2D eigenvalue weighted by molar-refractivity contribution is 0.589. The lowest BCUT2D eigenvalue weighted by Gasteiger charge is -2.11. The van der Waals surface area contributed by atoms with Crippen LogP contribution in [-0.2, 0) is 6.54 Å². The van der Waals surface area contributed by atoms with Crippen molar-refractivity contribution in [1.29, 1.82) is 0 Å². The minimum absolute atomic E-state index is 0.0618. The summed E-state index contributed by atoms with van der Waals surface area (Å²) < 4.78 is 27.7. The summed E-state index contributed by atoms with van der Waals surface area (Å²) in [7, 11) is 0. The zero-order valence-electron chi connectivity index (χ0n) is 11.4. The second kappa shape index (κ2) is 5.33. The Hall–Kier alpha value is -1.74. The molecule has 0 bridgehead atoms. The summed E-state index contributed by atoms with van der Waals surface area (Å²) in [5.41, 5.74) is 2.72. The minimum Gasteiger partial charge on any atom is -0.310 e. The normalized spacial score (nSPS) is 14.6. The van der Waals surface area contributed by atoms with Gasteiger partial charge in [-0.25, -0.2) is 8.78 Å². The first-order chi connectivity index (χ1) is 9.65. The maximum absolute atomic E-state index is 13.8. The molecular weight excluding hydrogens is 256 g/mol. The van der Waals surface area contributed by atoms with Crippen LogP contribution >= 0.6 is 0 Å². The first-order valence-corrected chi connectivity index (χ1v) is 6.92. The van der Waals surface area contributed by atoms with Crippen LogP contribution in [0.15, 0.2) is 36.4 Å². The van der Waals surface area contributed by atoms with Gasteiger partial charge in [-0.15, -0.1) is 0 Å². The quantitative estimate of drug-likeness (QED) is 0.880. The van der Waals surface area contributed by atoms with Crippen molar-refractivity contribution in [2.24, 2.45) is 0 Å². The average molecular weight is 273 g/mol. The Bertz CT molecular complexity index is 613. The highest BCUT2D eigenvalue weighted by molar-refractivity contribution is 5.68. The number of hydrogen-bond donors (Lipinski definition) is 1. The minimum atomic E-state index is -0.517. The number of benzene rings is 2. The summed E-state index contributed by atoms with van der Waals surface area (Å²) in [6.45, 7) is 2.70. The van der Waals surface area contributed by atoms with Crippen molar-refractivity contribution in [2.45, 2.75) is 32.4 Å². The summed E-state index contributed by atoms with van der Waals surface area (Å²) >= 11 is 0. The van der Waals surface area contributed by atoms with E-state index in [2.05, 4.69) is 5.32 Å². The van der Waals surface area contributed by atoms with E-state index in [1.807, 2.05) is 19.1 Å². The van der Waals surface area contributed by atoms with Gasteiger partial charge in [0.2, 0.25) is 0 Å². The van der Waals surface area contributed by atoms with Gasteiger partial charge in [-0.3, -0.25) is 0 Å². The highest BCUT2D eigenvalue weighted by Gasteiger charge is 2.20. The Morgan fingerprint density at radius 3 is 2.40 bits per heavy atom. The molecule has 0 heterocycles. The molecule has 1 aliphatic rings. The third kappa shape index (κ3) is 2.73. The van der Waals surface area contributed by atoms with Crippen molar-refractivity contribution in [3.63, 3.8) is 0 Å². The third-order valence-electron chi connectivity index (χ3n) is 3.70. The van der Waals surface area contributed by atoms with E-state index in [0.29, 0.717) is 11.6 Å². The monoisotopic (exact) mass is 273 g/mol. The molecule has 3 heteroatoms. The van der Waals surface area contributed by atoms with Gasteiger partial charge in [0.25, 0.3) is 0 Å². The van der Waals surface area contributed by atoms with Crippen LogP contribution < -0.4 is 5.32 Å². The van der Waals surface area contributed by atoms with Gasteiger partial charge in [0, 0.05) is 12.6 Å². The van der Waals surface area contributed by atoms with E-state index in [1.165, 1.54) is 31.0 Å². The molecule has 1 nitrogen and oxygen atoms in total. The fourth-order valence-electron chi connectivity index (χ4n) is 2.42. The molecule has 1 N–H and O–H groups in total. The predicted octanol–water partition coefficient (Wildman–Crippen LogP) is 4.19. The second-order valence-electron chi connectivity index (χ2n) is 5.40. The van der Waals surface area contributed by atoms with Crippen molar-refractivity contribution in [3.8, 4) is 11.1 Å². The van der Waals surface area contributed by atoms with E-state index < -0.39 is 11.6 Å². The topological polar surface area (TPSA) is 12.0 Å². The van der Waals surface area contributed by atoms with E-state index in [1.54, 1.807) is 6.07 Å². The number of aryl methyl sites for hydroxylation is 1. The Morgan fingerprint density at radius 2 is 1.80 bits per heavy atom. The fraction of sp³-hybridized carbons (Fsp3) is 0.294. The maximum Gasteiger partial charge on any atom is 0.133 e. The zero-order chi connectivity index (χ0) is 14.1. The van der Waals surface area contributed by atoms with Gasteiger partial charge in [0.1, 0.15) is 11.6 Å². The molecular formula is C17H17F2N. The van der Waals surface area contributed by atoms with E-state index >= 15 is 0 Å². The van der Waals surface area contributed by atoms with Crippen LogP contribution in [0.3, 0.4) is 0 Å². The van der Waals surface area contributed by atoms with Gasteiger partial charge in [0.15, 0.2) is 0 Å². The van der Waals surface area contributed by atoms with Crippen molar-refractivity contribution < 1.29 is 8.78 Å². The Kier molecular flexibility index (Phi) is 3.53. The molecule has 2 aromatic rings. The van der Waals surface area contributed by atoms with Gasteiger partial charge in [-0.2, -0.15) is 0 Å². The summed E-state index contributed by atoms with van der Waals surface area (Å²) in [6.07, 6.45) is 2.50. The molecule has 20 heavy (non-hydrogen) atoms. The first-order valence-electron chi connectivity index (χ1n) is 6.92. The standard InChI is InChI=1S/C17H17F2N/c1-11-9-12(10-20-13-6-7-13)5-8-14(11)17-15(18)3-2-4-16(17)19/h2-5,8-9,13,20H,6-7,10H2,1H3. The lowest BCUT2D eigenvalue weighted by atomic mass is 9.97. The fourth-order valence-corrected chi connectivity index (χ4v) is 2.42. The van der Waals surface area contributed by atoms with Crippen molar-refractivity contribution in [2.75, 3.05) is 0 Å². The third-order valence-corrected chi connectivity index (χ3v) is 3.70. The molecule has 1 fully saturated rings. The van der Waals surface area contributed by atoms with Crippen LogP contribution in [0, 0.1) is 18.6 Å². The van der Waals surface area contributed by atoms with Crippen LogP contribution in [0.25, 0.3) is 11.1 Å². The predicted molar refractivity (Wildman–Crippen MR) is 76.4 cm³/mol. The molecule has 0 amide bonds.